The Morgan fingerprint density at radius 2 is 2.24 bits per heavy atom. The molecule has 2 heterocycles. The number of rotatable bonds is 4. The van der Waals surface area contributed by atoms with Crippen molar-refractivity contribution in [3.63, 3.8) is 0 Å². The van der Waals surface area contributed by atoms with E-state index in [1.54, 1.807) is 18.5 Å². The highest BCUT2D eigenvalue weighted by Crippen LogP contribution is 2.34. The number of hydrogen-bond acceptors (Lipinski definition) is 4. The zero-order valence-electron chi connectivity index (χ0n) is 8.28. The molecule has 0 saturated heterocycles. The molecule has 2 N–H and O–H groups in total. The van der Waals surface area contributed by atoms with E-state index in [1.807, 2.05) is 0 Å². The normalized spacial score (nSPS) is 11.9. The van der Waals surface area contributed by atoms with Crippen LogP contribution in [0.4, 0.5) is 0 Å². The van der Waals surface area contributed by atoms with E-state index in [0.717, 1.165) is 3.79 Å². The maximum atomic E-state index is 12.0. The third-order valence-electron chi connectivity index (χ3n) is 1.90. The second kappa shape index (κ2) is 5.19. The number of nitrogens with one attached hydrogen (secondary N) is 2. The van der Waals surface area contributed by atoms with Crippen molar-refractivity contribution in [2.45, 2.75) is 11.4 Å². The van der Waals surface area contributed by atoms with Crippen LogP contribution in [-0.4, -0.2) is 18.4 Å². The molecule has 0 aliphatic rings. The molecular weight excluding hydrogens is 394 g/mol. The fraction of sp³-hybridized carbons (Fsp3) is 0.125. The van der Waals surface area contributed by atoms with Crippen molar-refractivity contribution in [3.05, 3.63) is 31.9 Å². The van der Waals surface area contributed by atoms with Crippen LogP contribution in [0.3, 0.4) is 0 Å². The maximum absolute atomic E-state index is 12.0. The molecule has 0 aliphatic heterocycles. The highest BCUT2D eigenvalue weighted by molar-refractivity contribution is 9.12. The van der Waals surface area contributed by atoms with E-state index in [-0.39, 0.29) is 11.4 Å². The molecule has 0 saturated carbocycles. The molecule has 2 aromatic heterocycles. The van der Waals surface area contributed by atoms with Gasteiger partial charge in [-0.1, -0.05) is 0 Å². The van der Waals surface area contributed by atoms with Gasteiger partial charge in [-0.15, -0.1) is 11.3 Å². The summed E-state index contributed by atoms with van der Waals surface area (Å²) in [7, 11) is -3.52. The van der Waals surface area contributed by atoms with Crippen molar-refractivity contribution in [2.24, 2.45) is 0 Å². The number of nitrogens with zero attached hydrogens (tertiary/aromatic N) is 1. The Morgan fingerprint density at radius 1 is 1.47 bits per heavy atom. The van der Waals surface area contributed by atoms with E-state index in [9.17, 15) is 8.42 Å². The molecule has 0 atom stereocenters. The first-order chi connectivity index (χ1) is 7.99. The average Bonchev–Trinajstić information content (AvgIpc) is 2.85. The molecule has 5 nitrogen and oxygen atoms in total. The van der Waals surface area contributed by atoms with Gasteiger partial charge in [0.05, 0.1) is 14.1 Å². The van der Waals surface area contributed by atoms with Crippen molar-refractivity contribution in [1.82, 2.24) is 14.7 Å². The summed E-state index contributed by atoms with van der Waals surface area (Å²) in [6.07, 6.45) is 3.21. The summed E-state index contributed by atoms with van der Waals surface area (Å²) in [6.45, 7) is 0.134. The summed E-state index contributed by atoms with van der Waals surface area (Å²) < 4.78 is 27.7. The van der Waals surface area contributed by atoms with Gasteiger partial charge >= 0.3 is 0 Å². The predicted molar refractivity (Wildman–Crippen MR) is 72.3 cm³/mol. The first-order valence-electron chi connectivity index (χ1n) is 4.42. The van der Waals surface area contributed by atoms with Gasteiger partial charge in [-0.2, -0.15) is 0 Å². The van der Waals surface area contributed by atoms with Crippen LogP contribution in [0.1, 0.15) is 5.82 Å². The minimum Gasteiger partial charge on any atom is -0.347 e. The van der Waals surface area contributed by atoms with Crippen molar-refractivity contribution in [2.75, 3.05) is 0 Å². The molecule has 0 bridgehead atoms. The van der Waals surface area contributed by atoms with Gasteiger partial charge in [-0.3, -0.25) is 0 Å². The standard InChI is InChI=1S/C8H7Br2N3O2S2/c9-6-3-5(8(10)16-6)17(14,15)13-4-7-11-1-2-12-7/h1-3,13H,4H2,(H,11,12). The van der Waals surface area contributed by atoms with E-state index in [0.29, 0.717) is 9.61 Å². The number of H-pyrrole nitrogens is 1. The fourth-order valence-corrected chi connectivity index (χ4v) is 5.94. The van der Waals surface area contributed by atoms with E-state index in [2.05, 4.69) is 46.5 Å². The first-order valence-corrected chi connectivity index (χ1v) is 8.30. The van der Waals surface area contributed by atoms with Crippen LogP contribution in [0.5, 0.6) is 0 Å². The molecule has 0 aromatic carbocycles. The number of thiophene rings is 1. The number of sulfonamides is 1. The summed E-state index contributed by atoms with van der Waals surface area (Å²) in [5.74, 6) is 0.569. The lowest BCUT2D eigenvalue weighted by molar-refractivity contribution is 0.579. The van der Waals surface area contributed by atoms with Gasteiger partial charge < -0.3 is 4.98 Å². The number of imidazole rings is 1. The largest absolute Gasteiger partial charge is 0.347 e. The molecule has 0 unspecified atom stereocenters. The molecule has 0 fully saturated rings. The zero-order valence-corrected chi connectivity index (χ0v) is 13.1. The second-order valence-corrected chi connectivity index (χ2v) is 8.53. The minimum atomic E-state index is -3.52. The zero-order chi connectivity index (χ0) is 12.5. The lowest BCUT2D eigenvalue weighted by atomic mass is 10.6. The average molecular weight is 401 g/mol. The van der Waals surface area contributed by atoms with Gasteiger partial charge in [0, 0.05) is 12.4 Å². The highest BCUT2D eigenvalue weighted by atomic mass is 79.9. The first kappa shape index (κ1) is 13.2. The van der Waals surface area contributed by atoms with Gasteiger partial charge in [0.2, 0.25) is 10.0 Å². The smallest absolute Gasteiger partial charge is 0.242 e. The van der Waals surface area contributed by atoms with Crippen molar-refractivity contribution < 1.29 is 8.42 Å². The van der Waals surface area contributed by atoms with E-state index in [4.69, 9.17) is 0 Å². The van der Waals surface area contributed by atoms with Gasteiger partial charge in [0.25, 0.3) is 0 Å². The molecule has 92 valence electrons. The quantitative estimate of drug-likeness (QED) is 0.827. The molecule has 2 rings (SSSR count). The Hall–Kier alpha value is -0.220. The van der Waals surface area contributed by atoms with Crippen LogP contribution < -0.4 is 4.72 Å². The van der Waals surface area contributed by atoms with Crippen molar-refractivity contribution in [1.29, 1.82) is 0 Å². The Labute approximate surface area is 119 Å². The molecule has 0 spiro atoms. The molecule has 0 amide bonds. The highest BCUT2D eigenvalue weighted by Gasteiger charge is 2.20. The minimum absolute atomic E-state index is 0.134. The summed E-state index contributed by atoms with van der Waals surface area (Å²) in [5, 5.41) is 0. The Morgan fingerprint density at radius 3 is 2.76 bits per heavy atom. The monoisotopic (exact) mass is 399 g/mol. The number of aromatic nitrogens is 2. The van der Waals surface area contributed by atoms with Crippen LogP contribution in [0.2, 0.25) is 0 Å². The Balaban J connectivity index is 2.17. The van der Waals surface area contributed by atoms with E-state index in [1.165, 1.54) is 11.3 Å². The second-order valence-electron chi connectivity index (χ2n) is 3.05. The van der Waals surface area contributed by atoms with E-state index < -0.39 is 10.0 Å². The summed E-state index contributed by atoms with van der Waals surface area (Å²) in [5.41, 5.74) is 0. The third-order valence-corrected chi connectivity index (χ3v) is 6.06. The molecule has 0 radical (unpaired) electrons. The molecule has 0 aliphatic carbocycles. The van der Waals surface area contributed by atoms with Crippen LogP contribution in [0.15, 0.2) is 30.9 Å². The fourth-order valence-electron chi connectivity index (χ4n) is 1.14. The Kier molecular flexibility index (Phi) is 4.03. The van der Waals surface area contributed by atoms with Gasteiger partial charge in [-0.25, -0.2) is 18.1 Å². The van der Waals surface area contributed by atoms with E-state index >= 15 is 0 Å². The number of halogens is 2. The maximum Gasteiger partial charge on any atom is 0.242 e. The SMILES string of the molecule is O=S(=O)(NCc1ncc[nH]1)c1cc(Br)sc1Br. The number of hydrogen-bond donors (Lipinski definition) is 2. The summed E-state index contributed by atoms with van der Waals surface area (Å²) >= 11 is 7.77. The van der Waals surface area contributed by atoms with Gasteiger partial charge in [0.15, 0.2) is 0 Å². The molecule has 9 heteroatoms. The van der Waals surface area contributed by atoms with Crippen LogP contribution in [-0.2, 0) is 16.6 Å². The van der Waals surface area contributed by atoms with Crippen molar-refractivity contribution >= 4 is 53.2 Å². The van der Waals surface area contributed by atoms with Crippen LogP contribution in [0, 0.1) is 0 Å². The molecule has 2 aromatic rings. The third kappa shape index (κ3) is 3.16. The van der Waals surface area contributed by atoms with Crippen molar-refractivity contribution in [3.8, 4) is 0 Å². The molecular formula is C8H7Br2N3O2S2. The Bertz CT molecular complexity index is 607. The lowest BCUT2D eigenvalue weighted by Crippen LogP contribution is -2.23. The van der Waals surface area contributed by atoms with Crippen LogP contribution >= 0.6 is 43.2 Å². The van der Waals surface area contributed by atoms with Gasteiger partial charge in [-0.05, 0) is 37.9 Å². The summed E-state index contributed by atoms with van der Waals surface area (Å²) in [6, 6.07) is 1.55. The topological polar surface area (TPSA) is 74.8 Å². The lowest BCUT2D eigenvalue weighted by Gasteiger charge is -2.03. The number of aromatic amines is 1. The van der Waals surface area contributed by atoms with Gasteiger partial charge in [0.1, 0.15) is 10.7 Å². The predicted octanol–water partition coefficient (Wildman–Crippen LogP) is 2.47. The summed E-state index contributed by atoms with van der Waals surface area (Å²) in [4.78, 5) is 6.99. The molecule has 17 heavy (non-hydrogen) atoms. The van der Waals surface area contributed by atoms with Crippen LogP contribution in [0.25, 0.3) is 0 Å².